The van der Waals surface area contributed by atoms with Gasteiger partial charge in [0, 0.05) is 37.3 Å². The zero-order chi connectivity index (χ0) is 19.9. The van der Waals surface area contributed by atoms with Crippen LogP contribution in [0.25, 0.3) is 0 Å². The van der Waals surface area contributed by atoms with Crippen molar-refractivity contribution in [1.29, 1.82) is 0 Å². The molecule has 3 rings (SSSR count). The molecule has 7 heteroatoms. The number of benzene rings is 1. The molecule has 1 aromatic rings. The minimum Gasteiger partial charge on any atom is -0.478 e. The summed E-state index contributed by atoms with van der Waals surface area (Å²) >= 11 is 0. The monoisotopic (exact) mass is 376 g/mol. The smallest absolute Gasteiger partial charge is 0.339 e. The summed E-state index contributed by atoms with van der Waals surface area (Å²) < 4.78 is 15.1. The Morgan fingerprint density at radius 1 is 1.22 bits per heavy atom. The lowest BCUT2D eigenvalue weighted by atomic mass is 9.88. The van der Waals surface area contributed by atoms with E-state index in [1.54, 1.807) is 0 Å². The fourth-order valence-electron chi connectivity index (χ4n) is 3.95. The van der Waals surface area contributed by atoms with Crippen molar-refractivity contribution in [3.63, 3.8) is 0 Å². The molecule has 0 saturated carbocycles. The molecule has 27 heavy (non-hydrogen) atoms. The highest BCUT2D eigenvalue weighted by Gasteiger charge is 2.33. The van der Waals surface area contributed by atoms with Crippen molar-refractivity contribution in [3.05, 3.63) is 35.2 Å². The zero-order valence-corrected chi connectivity index (χ0v) is 15.7. The number of carboxylic acid groups (broad SMARTS) is 1. The zero-order valence-electron chi connectivity index (χ0n) is 15.7. The van der Waals surface area contributed by atoms with E-state index in [-0.39, 0.29) is 17.7 Å². The molecule has 146 valence electrons. The number of nitrogens with zero attached hydrogens (tertiary/aromatic N) is 2. The summed E-state index contributed by atoms with van der Waals surface area (Å²) in [6, 6.07) is 1.29. The lowest BCUT2D eigenvalue weighted by Gasteiger charge is -2.40. The second-order valence-electron chi connectivity index (χ2n) is 7.41. The van der Waals surface area contributed by atoms with Crippen LogP contribution in [0.15, 0.2) is 18.2 Å². The Hall–Kier alpha value is -2.41. The molecular formula is C20H25FN2O4. The Kier molecular flexibility index (Phi) is 5.24. The maximum absolute atomic E-state index is 15.1. The van der Waals surface area contributed by atoms with E-state index in [4.69, 9.17) is 5.11 Å². The highest BCUT2D eigenvalue weighted by molar-refractivity contribution is 6.25. The highest BCUT2D eigenvalue weighted by atomic mass is 19.1. The van der Waals surface area contributed by atoms with Gasteiger partial charge in [-0.1, -0.05) is 6.58 Å². The van der Waals surface area contributed by atoms with Crippen LogP contribution in [0.5, 0.6) is 0 Å². The van der Waals surface area contributed by atoms with Crippen molar-refractivity contribution in [2.75, 3.05) is 29.9 Å². The number of anilines is 2. The molecular weight excluding hydrogens is 351 g/mol. The van der Waals surface area contributed by atoms with Crippen LogP contribution < -0.4 is 9.80 Å². The number of carboxylic acids is 1. The van der Waals surface area contributed by atoms with E-state index < -0.39 is 23.1 Å². The molecule has 2 aliphatic rings. The molecule has 0 amide bonds. The number of piperidine rings is 1. The normalized spacial score (nSPS) is 20.4. The maximum Gasteiger partial charge on any atom is 0.339 e. The minimum absolute atomic E-state index is 0.0461. The van der Waals surface area contributed by atoms with E-state index in [2.05, 4.69) is 6.58 Å². The third-order valence-corrected chi connectivity index (χ3v) is 5.71. The summed E-state index contributed by atoms with van der Waals surface area (Å²) in [5.74, 6) is -2.70. The second-order valence-corrected chi connectivity index (χ2v) is 7.41. The number of carbonyl (C=O) groups excluding carboxylic acids is 1. The third-order valence-electron chi connectivity index (χ3n) is 5.71. The molecule has 0 spiro atoms. The SMILES string of the molecule is C=C(C(=O)O)C(=O)c1cc(F)c(N2CCC(O)CC2)c2c1N(C)[C@@H](C)CC2. The number of hydrogen-bond acceptors (Lipinski definition) is 5. The molecule has 0 aromatic heterocycles. The van der Waals surface area contributed by atoms with Crippen molar-refractivity contribution < 1.29 is 24.2 Å². The van der Waals surface area contributed by atoms with Gasteiger partial charge in [0.2, 0.25) is 5.78 Å². The summed E-state index contributed by atoms with van der Waals surface area (Å²) in [6.45, 7) is 6.44. The Labute approximate surface area is 157 Å². The first kappa shape index (κ1) is 19.4. The molecule has 2 aliphatic heterocycles. The van der Waals surface area contributed by atoms with E-state index in [0.717, 1.165) is 18.1 Å². The summed E-state index contributed by atoms with van der Waals surface area (Å²) in [4.78, 5) is 27.7. The number of aliphatic hydroxyl groups excluding tert-OH is 1. The Morgan fingerprint density at radius 3 is 2.44 bits per heavy atom. The van der Waals surface area contributed by atoms with Gasteiger partial charge in [-0.2, -0.15) is 0 Å². The van der Waals surface area contributed by atoms with E-state index in [0.29, 0.717) is 43.7 Å². The predicted molar refractivity (Wildman–Crippen MR) is 101 cm³/mol. The van der Waals surface area contributed by atoms with Gasteiger partial charge in [-0.3, -0.25) is 4.79 Å². The average molecular weight is 376 g/mol. The van der Waals surface area contributed by atoms with Crippen LogP contribution in [0.1, 0.15) is 42.1 Å². The largest absolute Gasteiger partial charge is 0.478 e. The van der Waals surface area contributed by atoms with Gasteiger partial charge in [-0.15, -0.1) is 0 Å². The molecule has 0 bridgehead atoms. The van der Waals surface area contributed by atoms with Crippen molar-refractivity contribution in [2.24, 2.45) is 0 Å². The van der Waals surface area contributed by atoms with Gasteiger partial charge < -0.3 is 20.0 Å². The topological polar surface area (TPSA) is 81.1 Å². The number of ketones is 1. The van der Waals surface area contributed by atoms with Crippen molar-refractivity contribution in [1.82, 2.24) is 0 Å². The minimum atomic E-state index is -1.41. The molecule has 1 aromatic carbocycles. The molecule has 1 saturated heterocycles. The van der Waals surface area contributed by atoms with Crippen LogP contribution in [0.4, 0.5) is 15.8 Å². The van der Waals surface area contributed by atoms with Crippen molar-refractivity contribution >= 4 is 23.1 Å². The lowest BCUT2D eigenvalue weighted by molar-refractivity contribution is -0.132. The van der Waals surface area contributed by atoms with Gasteiger partial charge in [0.05, 0.1) is 17.5 Å². The number of halogens is 1. The summed E-state index contributed by atoms with van der Waals surface area (Å²) in [5, 5.41) is 18.9. The van der Waals surface area contributed by atoms with E-state index in [1.807, 2.05) is 23.8 Å². The average Bonchev–Trinajstić information content (AvgIpc) is 2.63. The summed E-state index contributed by atoms with van der Waals surface area (Å²) in [7, 11) is 1.84. The standard InChI is InChI=1S/C20H25FN2O4/c1-11-4-5-14-17(22(11)3)15(19(25)12(2)20(26)27)10-16(21)18(14)23-8-6-13(24)7-9-23/h10-11,13,24H,2,4-9H2,1,3H3,(H,26,27)/t11-/m0/s1. The van der Waals surface area contributed by atoms with Crippen LogP contribution in [0.2, 0.25) is 0 Å². The Balaban J connectivity index is 2.15. The summed E-state index contributed by atoms with van der Waals surface area (Å²) in [5.41, 5.74) is 1.26. The lowest BCUT2D eigenvalue weighted by Crippen LogP contribution is -2.40. The molecule has 2 N–H and O–H groups in total. The van der Waals surface area contributed by atoms with Crippen LogP contribution in [0, 0.1) is 5.82 Å². The third kappa shape index (κ3) is 3.43. The van der Waals surface area contributed by atoms with Crippen molar-refractivity contribution in [2.45, 2.75) is 44.8 Å². The molecule has 2 heterocycles. The van der Waals surface area contributed by atoms with Crippen LogP contribution in [-0.4, -0.2) is 54.2 Å². The van der Waals surface area contributed by atoms with Gasteiger partial charge in [0.15, 0.2) is 0 Å². The van der Waals surface area contributed by atoms with E-state index in [9.17, 15) is 14.7 Å². The van der Waals surface area contributed by atoms with Crippen LogP contribution in [0.3, 0.4) is 0 Å². The number of aliphatic carboxylic acids is 1. The first-order valence-electron chi connectivity index (χ1n) is 9.20. The Morgan fingerprint density at radius 2 is 1.85 bits per heavy atom. The fraction of sp³-hybridized carbons (Fsp3) is 0.500. The second kappa shape index (κ2) is 7.31. The van der Waals surface area contributed by atoms with E-state index in [1.165, 1.54) is 0 Å². The van der Waals surface area contributed by atoms with Gasteiger partial charge in [-0.25, -0.2) is 9.18 Å². The Bertz CT molecular complexity index is 800. The summed E-state index contributed by atoms with van der Waals surface area (Å²) in [6.07, 6.45) is 2.17. The number of rotatable bonds is 4. The quantitative estimate of drug-likeness (QED) is 0.363. The first-order chi connectivity index (χ1) is 12.7. The number of fused-ring (bicyclic) bond motifs is 1. The van der Waals surface area contributed by atoms with Gasteiger partial charge in [0.1, 0.15) is 11.4 Å². The highest BCUT2D eigenvalue weighted by Crippen LogP contribution is 2.42. The number of aliphatic hydroxyl groups is 1. The number of carbonyl (C=O) groups is 2. The van der Waals surface area contributed by atoms with E-state index >= 15 is 4.39 Å². The molecule has 6 nitrogen and oxygen atoms in total. The molecule has 1 atom stereocenters. The molecule has 0 aliphatic carbocycles. The fourth-order valence-corrected chi connectivity index (χ4v) is 3.95. The van der Waals surface area contributed by atoms with Crippen LogP contribution in [-0.2, 0) is 11.2 Å². The predicted octanol–water partition coefficient (Wildman–Crippen LogP) is 2.38. The maximum atomic E-state index is 15.1. The first-order valence-corrected chi connectivity index (χ1v) is 9.20. The molecule has 1 fully saturated rings. The van der Waals surface area contributed by atoms with Gasteiger partial charge in [-0.05, 0) is 38.7 Å². The van der Waals surface area contributed by atoms with Gasteiger partial charge >= 0.3 is 5.97 Å². The van der Waals surface area contributed by atoms with Gasteiger partial charge in [0.25, 0.3) is 0 Å². The number of Topliss-reactive ketones (excluding diaryl/α,β-unsaturated/α-hetero) is 1. The van der Waals surface area contributed by atoms with Crippen molar-refractivity contribution in [3.8, 4) is 0 Å². The number of hydrogen-bond donors (Lipinski definition) is 2. The molecule has 0 unspecified atom stereocenters. The molecule has 0 radical (unpaired) electrons. The van der Waals surface area contributed by atoms with Crippen LogP contribution >= 0.6 is 0 Å².